The van der Waals surface area contributed by atoms with Gasteiger partial charge in [0, 0.05) is 16.1 Å². The van der Waals surface area contributed by atoms with Crippen molar-refractivity contribution < 1.29 is 9.53 Å². The quantitative estimate of drug-likeness (QED) is 0.797. The van der Waals surface area contributed by atoms with E-state index >= 15 is 0 Å². The highest BCUT2D eigenvalue weighted by molar-refractivity contribution is 6.30. The van der Waals surface area contributed by atoms with Crippen molar-refractivity contribution in [1.82, 2.24) is 0 Å². The number of Topliss-reactive ketones (excluding diaryl/α,β-unsaturated/α-hetero) is 1. The van der Waals surface area contributed by atoms with E-state index in [0.29, 0.717) is 21.9 Å². The molecule has 0 radical (unpaired) electrons. The van der Waals surface area contributed by atoms with Crippen LogP contribution >= 0.6 is 11.6 Å². The molecule has 0 amide bonds. The first kappa shape index (κ1) is 15.1. The van der Waals surface area contributed by atoms with Gasteiger partial charge in [-0.15, -0.1) is 0 Å². The lowest BCUT2D eigenvalue weighted by Gasteiger charge is -2.14. The van der Waals surface area contributed by atoms with Gasteiger partial charge < -0.3 is 4.74 Å². The second-order valence-corrected chi connectivity index (χ2v) is 5.06. The fourth-order valence-electron chi connectivity index (χ4n) is 2.21. The molecule has 106 valence electrons. The molecule has 1 atom stereocenters. The lowest BCUT2D eigenvalue weighted by Crippen LogP contribution is -2.13. The molecule has 2 aromatic rings. The minimum atomic E-state index is -0.945. The maximum atomic E-state index is 12.7. The highest BCUT2D eigenvalue weighted by Gasteiger charge is 2.26. The molecule has 0 N–H and O–H groups in total. The second kappa shape index (κ2) is 6.43. The molecule has 0 aliphatic rings. The minimum Gasteiger partial charge on any atom is -0.496 e. The monoisotopic (exact) mass is 299 g/mol. The van der Waals surface area contributed by atoms with Crippen molar-refractivity contribution in [1.29, 1.82) is 5.26 Å². The molecule has 0 aromatic heterocycles. The van der Waals surface area contributed by atoms with Crippen molar-refractivity contribution in [2.45, 2.75) is 12.8 Å². The Hall–Kier alpha value is -2.31. The van der Waals surface area contributed by atoms with Gasteiger partial charge in [-0.25, -0.2) is 0 Å². The largest absolute Gasteiger partial charge is 0.496 e. The van der Waals surface area contributed by atoms with Gasteiger partial charge in [0.25, 0.3) is 0 Å². The standard InChI is InChI=1S/C17H14ClNO2/c1-11-5-3-4-6-13(11)17(20)15(10-19)14-9-12(18)7-8-16(14)21-2/h3-9,15H,1-2H3. The number of ether oxygens (including phenoxy) is 1. The molecule has 3 nitrogen and oxygen atoms in total. The Morgan fingerprint density at radius 2 is 2.00 bits per heavy atom. The second-order valence-electron chi connectivity index (χ2n) is 4.63. The van der Waals surface area contributed by atoms with E-state index in [1.807, 2.05) is 19.1 Å². The van der Waals surface area contributed by atoms with Crippen LogP contribution in [0.2, 0.25) is 5.02 Å². The zero-order valence-corrected chi connectivity index (χ0v) is 12.5. The summed E-state index contributed by atoms with van der Waals surface area (Å²) in [5, 5.41) is 9.91. The van der Waals surface area contributed by atoms with Crippen LogP contribution in [-0.4, -0.2) is 12.9 Å². The number of benzene rings is 2. The minimum absolute atomic E-state index is 0.254. The van der Waals surface area contributed by atoms with Gasteiger partial charge in [0.05, 0.1) is 13.2 Å². The van der Waals surface area contributed by atoms with Gasteiger partial charge in [0.2, 0.25) is 0 Å². The van der Waals surface area contributed by atoms with E-state index in [0.717, 1.165) is 5.56 Å². The number of rotatable bonds is 4. The Balaban J connectivity index is 2.51. The zero-order valence-electron chi connectivity index (χ0n) is 11.8. The van der Waals surface area contributed by atoms with Crippen LogP contribution in [0.3, 0.4) is 0 Å². The number of ketones is 1. The Morgan fingerprint density at radius 3 is 2.62 bits per heavy atom. The van der Waals surface area contributed by atoms with E-state index in [1.54, 1.807) is 30.3 Å². The third-order valence-electron chi connectivity index (χ3n) is 3.30. The predicted octanol–water partition coefficient (Wildman–Crippen LogP) is 4.15. The number of aryl methyl sites for hydroxylation is 1. The molecular formula is C17H14ClNO2. The molecule has 1 unspecified atom stereocenters. The van der Waals surface area contributed by atoms with Gasteiger partial charge >= 0.3 is 0 Å². The van der Waals surface area contributed by atoms with Crippen molar-refractivity contribution in [2.75, 3.05) is 7.11 Å². The van der Waals surface area contributed by atoms with Gasteiger partial charge in [-0.2, -0.15) is 5.26 Å². The van der Waals surface area contributed by atoms with Crippen LogP contribution in [0.15, 0.2) is 42.5 Å². The Labute approximate surface area is 128 Å². The molecule has 0 spiro atoms. The third kappa shape index (κ3) is 3.07. The number of hydrogen-bond donors (Lipinski definition) is 0. The molecule has 21 heavy (non-hydrogen) atoms. The summed E-state index contributed by atoms with van der Waals surface area (Å²) in [7, 11) is 1.50. The van der Waals surface area contributed by atoms with Gasteiger partial charge in [-0.05, 0) is 30.7 Å². The van der Waals surface area contributed by atoms with Crippen molar-refractivity contribution in [3.05, 3.63) is 64.2 Å². The summed E-state index contributed by atoms with van der Waals surface area (Å²) in [5.41, 5.74) is 1.86. The average molecular weight is 300 g/mol. The molecule has 0 aliphatic carbocycles. The lowest BCUT2D eigenvalue weighted by molar-refractivity contribution is 0.0977. The Kier molecular flexibility index (Phi) is 4.62. The van der Waals surface area contributed by atoms with E-state index in [9.17, 15) is 10.1 Å². The number of hydrogen-bond acceptors (Lipinski definition) is 3. The van der Waals surface area contributed by atoms with Crippen LogP contribution in [0.25, 0.3) is 0 Å². The molecule has 0 aliphatic heterocycles. The fraction of sp³-hybridized carbons (Fsp3) is 0.176. The molecule has 0 heterocycles. The van der Waals surface area contributed by atoms with Crippen LogP contribution in [0.1, 0.15) is 27.4 Å². The summed E-state index contributed by atoms with van der Waals surface area (Å²) in [6, 6.07) is 14.2. The van der Waals surface area contributed by atoms with Crippen molar-refractivity contribution in [3.8, 4) is 11.8 Å². The summed E-state index contributed by atoms with van der Waals surface area (Å²) >= 11 is 5.98. The number of methoxy groups -OCH3 is 1. The highest BCUT2D eigenvalue weighted by atomic mass is 35.5. The van der Waals surface area contributed by atoms with Crippen molar-refractivity contribution >= 4 is 17.4 Å². The molecule has 4 heteroatoms. The summed E-state index contributed by atoms with van der Waals surface area (Å²) in [5.74, 6) is -0.719. The van der Waals surface area contributed by atoms with Crippen molar-refractivity contribution in [3.63, 3.8) is 0 Å². The molecule has 0 saturated carbocycles. The molecule has 0 bridgehead atoms. The van der Waals surface area contributed by atoms with Gasteiger partial charge in [0.1, 0.15) is 11.7 Å². The first-order valence-corrected chi connectivity index (χ1v) is 6.79. The molecule has 2 rings (SSSR count). The SMILES string of the molecule is COc1ccc(Cl)cc1C(C#N)C(=O)c1ccccc1C. The normalized spacial score (nSPS) is 11.5. The van der Waals surface area contributed by atoms with Crippen LogP contribution in [-0.2, 0) is 0 Å². The number of nitrogens with zero attached hydrogens (tertiary/aromatic N) is 1. The predicted molar refractivity (Wildman–Crippen MR) is 81.9 cm³/mol. The van der Waals surface area contributed by atoms with Crippen molar-refractivity contribution in [2.24, 2.45) is 0 Å². The van der Waals surface area contributed by atoms with Crippen LogP contribution in [0.5, 0.6) is 5.75 Å². The lowest BCUT2D eigenvalue weighted by atomic mass is 9.89. The van der Waals surface area contributed by atoms with E-state index in [-0.39, 0.29) is 5.78 Å². The molecule has 2 aromatic carbocycles. The summed E-state index contributed by atoms with van der Waals surface area (Å²) in [6.07, 6.45) is 0. The summed E-state index contributed by atoms with van der Waals surface area (Å²) < 4.78 is 5.24. The van der Waals surface area contributed by atoms with Gasteiger partial charge in [-0.3, -0.25) is 4.79 Å². The Morgan fingerprint density at radius 1 is 1.29 bits per heavy atom. The van der Waals surface area contributed by atoms with Gasteiger partial charge in [0.15, 0.2) is 5.78 Å². The molecule has 0 saturated heterocycles. The smallest absolute Gasteiger partial charge is 0.184 e. The zero-order chi connectivity index (χ0) is 15.4. The van der Waals surface area contributed by atoms with Crippen LogP contribution in [0, 0.1) is 18.3 Å². The van der Waals surface area contributed by atoms with Crippen LogP contribution in [0.4, 0.5) is 0 Å². The first-order chi connectivity index (χ1) is 10.1. The number of nitriles is 1. The maximum Gasteiger partial charge on any atom is 0.184 e. The topological polar surface area (TPSA) is 50.1 Å². The third-order valence-corrected chi connectivity index (χ3v) is 3.54. The Bertz CT molecular complexity index is 719. The molecule has 0 fully saturated rings. The maximum absolute atomic E-state index is 12.7. The first-order valence-electron chi connectivity index (χ1n) is 6.41. The van der Waals surface area contributed by atoms with Crippen LogP contribution < -0.4 is 4.74 Å². The van der Waals surface area contributed by atoms with Gasteiger partial charge in [-0.1, -0.05) is 35.9 Å². The van der Waals surface area contributed by atoms with E-state index in [1.165, 1.54) is 7.11 Å². The summed E-state index contributed by atoms with van der Waals surface area (Å²) in [4.78, 5) is 12.7. The van der Waals surface area contributed by atoms with E-state index < -0.39 is 5.92 Å². The number of carbonyl (C=O) groups is 1. The van der Waals surface area contributed by atoms with E-state index in [4.69, 9.17) is 16.3 Å². The summed E-state index contributed by atoms with van der Waals surface area (Å²) in [6.45, 7) is 1.84. The highest BCUT2D eigenvalue weighted by Crippen LogP contribution is 2.32. The average Bonchev–Trinajstić information content (AvgIpc) is 2.48. The molecular weight excluding hydrogens is 286 g/mol. The number of carbonyl (C=O) groups excluding carboxylic acids is 1. The number of halogens is 1. The fourth-order valence-corrected chi connectivity index (χ4v) is 2.39. The van der Waals surface area contributed by atoms with E-state index in [2.05, 4.69) is 6.07 Å².